The van der Waals surface area contributed by atoms with E-state index in [0.29, 0.717) is 35.0 Å². The van der Waals surface area contributed by atoms with Crippen LogP contribution >= 0.6 is 0 Å². The maximum absolute atomic E-state index is 13.3. The topological polar surface area (TPSA) is 62.2 Å². The van der Waals surface area contributed by atoms with Gasteiger partial charge in [0.05, 0.1) is 11.1 Å². The van der Waals surface area contributed by atoms with Crippen molar-refractivity contribution >= 4 is 16.8 Å². The molecule has 1 atom stereocenters. The number of aromatic nitrogens is 1. The number of amides is 1. The van der Waals surface area contributed by atoms with E-state index >= 15 is 0 Å². The van der Waals surface area contributed by atoms with Crippen LogP contribution in [0.2, 0.25) is 0 Å². The second kappa shape index (κ2) is 6.63. The molecular formula is C16H19FN2O2. The summed E-state index contributed by atoms with van der Waals surface area (Å²) < 4.78 is 13.3. The number of fused-ring (bicyclic) bond motifs is 1. The first-order valence-electron chi connectivity index (χ1n) is 7.00. The quantitative estimate of drug-likeness (QED) is 0.889. The summed E-state index contributed by atoms with van der Waals surface area (Å²) in [7, 11) is 0. The lowest BCUT2D eigenvalue weighted by atomic mass is 10.1. The van der Waals surface area contributed by atoms with Crippen LogP contribution in [0.15, 0.2) is 24.3 Å². The number of hydrogen-bond acceptors (Lipinski definition) is 3. The van der Waals surface area contributed by atoms with Gasteiger partial charge in [-0.3, -0.25) is 9.78 Å². The normalized spacial score (nSPS) is 12.4. The van der Waals surface area contributed by atoms with Crippen LogP contribution in [-0.2, 0) is 0 Å². The monoisotopic (exact) mass is 290 g/mol. The molecule has 1 unspecified atom stereocenters. The number of nitrogens with zero attached hydrogens (tertiary/aromatic N) is 1. The Hall–Kier alpha value is -2.01. The molecule has 2 rings (SSSR count). The summed E-state index contributed by atoms with van der Waals surface area (Å²) in [5.41, 5.74) is 1.64. The van der Waals surface area contributed by atoms with E-state index in [1.165, 1.54) is 12.1 Å². The van der Waals surface area contributed by atoms with E-state index in [4.69, 9.17) is 5.11 Å². The number of benzene rings is 1. The highest BCUT2D eigenvalue weighted by Gasteiger charge is 2.14. The molecule has 1 aromatic heterocycles. The number of carbonyl (C=O) groups excluding carboxylic acids is 1. The predicted octanol–water partition coefficient (Wildman–Crippen LogP) is 2.57. The molecule has 0 spiro atoms. The average Bonchev–Trinajstić information content (AvgIpc) is 2.43. The first-order valence-corrected chi connectivity index (χ1v) is 7.00. The highest BCUT2D eigenvalue weighted by atomic mass is 19.1. The third-order valence-electron chi connectivity index (χ3n) is 3.32. The number of aliphatic hydroxyl groups excluding tert-OH is 1. The van der Waals surface area contributed by atoms with Crippen molar-refractivity contribution in [2.24, 2.45) is 0 Å². The van der Waals surface area contributed by atoms with E-state index in [2.05, 4.69) is 10.3 Å². The summed E-state index contributed by atoms with van der Waals surface area (Å²) in [6.07, 6.45) is 1.35. The highest BCUT2D eigenvalue weighted by molar-refractivity contribution is 6.06. The molecule has 0 aliphatic heterocycles. The SMILES string of the molecule is Cc1cc(C(=O)NC(C)CCCO)c2ccc(F)cc2n1. The van der Waals surface area contributed by atoms with Gasteiger partial charge >= 0.3 is 0 Å². The standard InChI is InChI=1S/C16H19FN2O2/c1-10(4-3-7-20)19-16(21)14-8-11(2)18-15-9-12(17)5-6-13(14)15/h5-6,8-10,20H,3-4,7H2,1-2H3,(H,19,21). The molecule has 0 aliphatic carbocycles. The smallest absolute Gasteiger partial charge is 0.252 e. The van der Waals surface area contributed by atoms with E-state index in [1.54, 1.807) is 19.1 Å². The van der Waals surface area contributed by atoms with Crippen LogP contribution in [0, 0.1) is 12.7 Å². The lowest BCUT2D eigenvalue weighted by Gasteiger charge is -2.14. The van der Waals surface area contributed by atoms with Gasteiger partial charge in [-0.1, -0.05) is 0 Å². The maximum atomic E-state index is 13.3. The summed E-state index contributed by atoms with van der Waals surface area (Å²) >= 11 is 0. The lowest BCUT2D eigenvalue weighted by Crippen LogP contribution is -2.32. The van der Waals surface area contributed by atoms with Gasteiger partial charge < -0.3 is 10.4 Å². The van der Waals surface area contributed by atoms with Crippen molar-refractivity contribution < 1.29 is 14.3 Å². The first-order chi connectivity index (χ1) is 10.0. The Morgan fingerprint density at radius 3 is 2.90 bits per heavy atom. The number of aliphatic hydroxyl groups is 1. The Morgan fingerprint density at radius 2 is 2.19 bits per heavy atom. The van der Waals surface area contributed by atoms with E-state index in [0.717, 1.165) is 0 Å². The molecule has 1 amide bonds. The van der Waals surface area contributed by atoms with Crippen molar-refractivity contribution in [3.05, 3.63) is 41.3 Å². The summed E-state index contributed by atoms with van der Waals surface area (Å²) in [6, 6.07) is 5.90. The zero-order valence-electron chi connectivity index (χ0n) is 12.2. The number of nitrogens with one attached hydrogen (secondary N) is 1. The molecule has 0 aliphatic rings. The van der Waals surface area contributed by atoms with Gasteiger partial charge in [-0.05, 0) is 44.9 Å². The molecule has 0 saturated heterocycles. The molecule has 0 bridgehead atoms. The van der Waals surface area contributed by atoms with Gasteiger partial charge in [-0.15, -0.1) is 0 Å². The molecule has 0 radical (unpaired) electrons. The molecule has 21 heavy (non-hydrogen) atoms. The molecule has 0 saturated carbocycles. The second-order valence-electron chi connectivity index (χ2n) is 5.21. The fourth-order valence-corrected chi connectivity index (χ4v) is 2.29. The zero-order chi connectivity index (χ0) is 15.4. The largest absolute Gasteiger partial charge is 0.396 e. The number of hydrogen-bond donors (Lipinski definition) is 2. The Balaban J connectivity index is 2.30. The molecule has 5 heteroatoms. The van der Waals surface area contributed by atoms with Crippen LogP contribution in [-0.4, -0.2) is 28.6 Å². The number of pyridine rings is 1. The maximum Gasteiger partial charge on any atom is 0.252 e. The number of halogens is 1. The second-order valence-corrected chi connectivity index (χ2v) is 5.21. The Labute approximate surface area is 123 Å². The van der Waals surface area contributed by atoms with E-state index in [-0.39, 0.29) is 24.4 Å². The van der Waals surface area contributed by atoms with Crippen LogP contribution in [0.4, 0.5) is 4.39 Å². The van der Waals surface area contributed by atoms with Crippen LogP contribution in [0.1, 0.15) is 35.8 Å². The molecule has 1 heterocycles. The van der Waals surface area contributed by atoms with Crippen molar-refractivity contribution in [3.8, 4) is 0 Å². The molecule has 2 N–H and O–H groups in total. The Bertz CT molecular complexity index is 653. The molecule has 0 fully saturated rings. The van der Waals surface area contributed by atoms with Crippen LogP contribution in [0.3, 0.4) is 0 Å². The van der Waals surface area contributed by atoms with Crippen molar-refractivity contribution in [1.82, 2.24) is 10.3 Å². The minimum atomic E-state index is -0.372. The van der Waals surface area contributed by atoms with Crippen LogP contribution < -0.4 is 5.32 Å². The molecule has 4 nitrogen and oxygen atoms in total. The van der Waals surface area contributed by atoms with Crippen molar-refractivity contribution in [2.45, 2.75) is 32.7 Å². The third kappa shape index (κ3) is 3.76. The summed E-state index contributed by atoms with van der Waals surface area (Å²) in [6.45, 7) is 3.77. The summed E-state index contributed by atoms with van der Waals surface area (Å²) in [5.74, 6) is -0.578. The van der Waals surface area contributed by atoms with E-state index < -0.39 is 0 Å². The third-order valence-corrected chi connectivity index (χ3v) is 3.32. The lowest BCUT2D eigenvalue weighted by molar-refractivity contribution is 0.0938. The van der Waals surface area contributed by atoms with Crippen LogP contribution in [0.5, 0.6) is 0 Å². The molecule has 2 aromatic rings. The van der Waals surface area contributed by atoms with Gasteiger partial charge in [0, 0.05) is 29.8 Å². The minimum absolute atomic E-state index is 0.0337. The molecule has 112 valence electrons. The van der Waals surface area contributed by atoms with Crippen molar-refractivity contribution in [3.63, 3.8) is 0 Å². The first kappa shape index (κ1) is 15.4. The molecular weight excluding hydrogens is 271 g/mol. The average molecular weight is 290 g/mol. The van der Waals surface area contributed by atoms with E-state index in [9.17, 15) is 9.18 Å². The van der Waals surface area contributed by atoms with Gasteiger partial charge in [0.25, 0.3) is 5.91 Å². The number of rotatable bonds is 5. The Morgan fingerprint density at radius 1 is 1.43 bits per heavy atom. The minimum Gasteiger partial charge on any atom is -0.396 e. The fourth-order valence-electron chi connectivity index (χ4n) is 2.29. The van der Waals surface area contributed by atoms with E-state index in [1.807, 2.05) is 6.92 Å². The van der Waals surface area contributed by atoms with Gasteiger partial charge in [0.15, 0.2) is 0 Å². The highest BCUT2D eigenvalue weighted by Crippen LogP contribution is 2.19. The van der Waals surface area contributed by atoms with Crippen LogP contribution in [0.25, 0.3) is 10.9 Å². The fraction of sp³-hybridized carbons (Fsp3) is 0.375. The van der Waals surface area contributed by atoms with Crippen molar-refractivity contribution in [2.75, 3.05) is 6.61 Å². The van der Waals surface area contributed by atoms with Gasteiger partial charge in [0.2, 0.25) is 0 Å². The number of aryl methyl sites for hydroxylation is 1. The van der Waals surface area contributed by atoms with Gasteiger partial charge in [-0.25, -0.2) is 4.39 Å². The number of carbonyl (C=O) groups is 1. The predicted molar refractivity (Wildman–Crippen MR) is 79.7 cm³/mol. The molecule has 1 aromatic carbocycles. The van der Waals surface area contributed by atoms with Gasteiger partial charge in [-0.2, -0.15) is 0 Å². The zero-order valence-corrected chi connectivity index (χ0v) is 12.2. The Kier molecular flexibility index (Phi) is 4.85. The van der Waals surface area contributed by atoms with Crippen molar-refractivity contribution in [1.29, 1.82) is 0 Å². The summed E-state index contributed by atoms with van der Waals surface area (Å²) in [4.78, 5) is 16.6. The van der Waals surface area contributed by atoms with Gasteiger partial charge in [0.1, 0.15) is 5.82 Å². The summed E-state index contributed by atoms with van der Waals surface area (Å²) in [5, 5.41) is 12.3.